The maximum Gasteiger partial charge on any atom is 0.0454 e. The average molecular weight is 340 g/mol. The minimum atomic E-state index is 0.153. The number of benzene rings is 1. The van der Waals surface area contributed by atoms with E-state index in [4.69, 9.17) is 11.6 Å². The van der Waals surface area contributed by atoms with Crippen LogP contribution >= 0.6 is 27.5 Å². The van der Waals surface area contributed by atoms with Crippen LogP contribution in [-0.4, -0.2) is 12.0 Å². The van der Waals surface area contributed by atoms with Gasteiger partial charge in [-0.05, 0) is 49.4 Å². The first-order chi connectivity index (χ1) is 9.10. The highest BCUT2D eigenvalue weighted by molar-refractivity contribution is 9.10. The number of halogens is 2. The third kappa shape index (κ3) is 3.78. The normalized spacial score (nSPS) is 12.4. The van der Waals surface area contributed by atoms with Gasteiger partial charge in [0.25, 0.3) is 0 Å². The number of rotatable bonds is 4. The topological polar surface area (TPSA) is 24.9 Å². The predicted octanol–water partition coefficient (Wildman–Crippen LogP) is 4.31. The van der Waals surface area contributed by atoms with Crippen LogP contribution < -0.4 is 5.32 Å². The molecule has 2 nitrogen and oxygen atoms in total. The fraction of sp³-hybridized carbons (Fsp3) is 0.267. The van der Waals surface area contributed by atoms with E-state index in [-0.39, 0.29) is 6.04 Å². The van der Waals surface area contributed by atoms with E-state index in [1.807, 2.05) is 32.3 Å². The van der Waals surface area contributed by atoms with Gasteiger partial charge in [0.15, 0.2) is 0 Å². The van der Waals surface area contributed by atoms with Crippen LogP contribution in [0.15, 0.2) is 41.0 Å². The van der Waals surface area contributed by atoms with E-state index >= 15 is 0 Å². The number of pyridine rings is 1. The maximum absolute atomic E-state index is 6.28. The van der Waals surface area contributed by atoms with Gasteiger partial charge >= 0.3 is 0 Å². The number of nitrogens with zero attached hydrogens (tertiary/aromatic N) is 1. The first kappa shape index (κ1) is 14.5. The van der Waals surface area contributed by atoms with Crippen molar-refractivity contribution < 1.29 is 0 Å². The van der Waals surface area contributed by atoms with Crippen molar-refractivity contribution in [2.75, 3.05) is 7.05 Å². The summed E-state index contributed by atoms with van der Waals surface area (Å²) >= 11 is 9.77. The molecule has 0 spiro atoms. The molecular weight excluding hydrogens is 324 g/mol. The first-order valence-electron chi connectivity index (χ1n) is 6.14. The molecule has 19 heavy (non-hydrogen) atoms. The van der Waals surface area contributed by atoms with Gasteiger partial charge in [0, 0.05) is 33.8 Å². The molecule has 0 aliphatic heterocycles. The molecule has 1 unspecified atom stereocenters. The summed E-state index contributed by atoms with van der Waals surface area (Å²) in [5.74, 6) is 0. The summed E-state index contributed by atoms with van der Waals surface area (Å²) in [6.07, 6.45) is 2.71. The molecule has 0 saturated heterocycles. The Morgan fingerprint density at radius 1 is 1.32 bits per heavy atom. The van der Waals surface area contributed by atoms with Gasteiger partial charge in [0.1, 0.15) is 0 Å². The zero-order valence-electron chi connectivity index (χ0n) is 11.0. The van der Waals surface area contributed by atoms with Crippen molar-refractivity contribution in [2.45, 2.75) is 19.4 Å². The van der Waals surface area contributed by atoms with Gasteiger partial charge in [-0.1, -0.05) is 33.6 Å². The zero-order chi connectivity index (χ0) is 13.8. The highest BCUT2D eigenvalue weighted by Crippen LogP contribution is 2.28. The molecular formula is C15H16BrClN2. The molecule has 0 fully saturated rings. The Morgan fingerprint density at radius 3 is 2.74 bits per heavy atom. The standard InChI is InChI=1S/C15H16BrClN2/c1-10-3-5-12(19-9-10)8-15(18-2)13-7-11(16)4-6-14(13)17/h3-7,9,15,18H,8H2,1-2H3. The smallest absolute Gasteiger partial charge is 0.0454 e. The van der Waals surface area contributed by atoms with E-state index in [0.717, 1.165) is 27.2 Å². The molecule has 0 amide bonds. The zero-order valence-corrected chi connectivity index (χ0v) is 13.3. The van der Waals surface area contributed by atoms with Gasteiger partial charge in [0.2, 0.25) is 0 Å². The summed E-state index contributed by atoms with van der Waals surface area (Å²) < 4.78 is 1.03. The van der Waals surface area contributed by atoms with E-state index in [9.17, 15) is 0 Å². The van der Waals surface area contributed by atoms with Crippen molar-refractivity contribution in [3.05, 3.63) is 62.8 Å². The van der Waals surface area contributed by atoms with Crippen molar-refractivity contribution in [1.29, 1.82) is 0 Å². The molecule has 0 radical (unpaired) electrons. The Bertz CT molecular complexity index is 555. The van der Waals surface area contributed by atoms with Crippen LogP contribution in [0.4, 0.5) is 0 Å². The van der Waals surface area contributed by atoms with Crippen molar-refractivity contribution in [1.82, 2.24) is 10.3 Å². The Morgan fingerprint density at radius 2 is 2.11 bits per heavy atom. The lowest BCUT2D eigenvalue weighted by molar-refractivity contribution is 0.584. The Labute approximate surface area is 127 Å². The van der Waals surface area contributed by atoms with E-state index in [1.165, 1.54) is 5.56 Å². The third-order valence-electron chi connectivity index (χ3n) is 3.07. The summed E-state index contributed by atoms with van der Waals surface area (Å²) in [5.41, 5.74) is 3.31. The van der Waals surface area contributed by atoms with Crippen molar-refractivity contribution in [2.24, 2.45) is 0 Å². The number of likely N-dealkylation sites (N-methyl/N-ethyl adjacent to an activating group) is 1. The average Bonchev–Trinajstić information content (AvgIpc) is 2.41. The van der Waals surface area contributed by atoms with Gasteiger partial charge in [0.05, 0.1) is 0 Å². The quantitative estimate of drug-likeness (QED) is 0.898. The molecule has 0 aliphatic rings. The van der Waals surface area contributed by atoms with Gasteiger partial charge in [-0.15, -0.1) is 0 Å². The SMILES string of the molecule is CNC(Cc1ccc(C)cn1)c1cc(Br)ccc1Cl. The van der Waals surface area contributed by atoms with Gasteiger partial charge in [-0.25, -0.2) is 0 Å². The molecule has 0 bridgehead atoms. The highest BCUT2D eigenvalue weighted by atomic mass is 79.9. The number of aromatic nitrogens is 1. The summed E-state index contributed by atoms with van der Waals surface area (Å²) in [6.45, 7) is 2.04. The Hall–Kier alpha value is -0.900. The van der Waals surface area contributed by atoms with Crippen LogP contribution in [0.25, 0.3) is 0 Å². The second-order valence-corrected chi connectivity index (χ2v) is 5.86. The van der Waals surface area contributed by atoms with E-state index < -0.39 is 0 Å². The lowest BCUT2D eigenvalue weighted by atomic mass is 10.0. The predicted molar refractivity (Wildman–Crippen MR) is 83.6 cm³/mol. The number of hydrogen-bond acceptors (Lipinski definition) is 2. The van der Waals surface area contributed by atoms with Crippen LogP contribution in [0.1, 0.15) is 22.9 Å². The van der Waals surface area contributed by atoms with E-state index in [1.54, 1.807) is 0 Å². The monoisotopic (exact) mass is 338 g/mol. The van der Waals surface area contributed by atoms with Crippen LogP contribution in [0.2, 0.25) is 5.02 Å². The number of nitrogens with one attached hydrogen (secondary N) is 1. The molecule has 1 N–H and O–H groups in total. The van der Waals surface area contributed by atoms with Crippen LogP contribution in [-0.2, 0) is 6.42 Å². The summed E-state index contributed by atoms with van der Waals surface area (Å²) in [5, 5.41) is 4.08. The molecule has 1 heterocycles. The third-order valence-corrected chi connectivity index (χ3v) is 3.91. The van der Waals surface area contributed by atoms with E-state index in [0.29, 0.717) is 0 Å². The van der Waals surface area contributed by atoms with Crippen molar-refractivity contribution >= 4 is 27.5 Å². The second-order valence-electron chi connectivity index (χ2n) is 4.54. The number of aryl methyl sites for hydroxylation is 1. The van der Waals surface area contributed by atoms with Crippen LogP contribution in [0.5, 0.6) is 0 Å². The lowest BCUT2D eigenvalue weighted by Crippen LogP contribution is -2.19. The molecule has 2 aromatic rings. The minimum Gasteiger partial charge on any atom is -0.313 e. The van der Waals surface area contributed by atoms with Gasteiger partial charge in [-0.2, -0.15) is 0 Å². The summed E-state index contributed by atoms with van der Waals surface area (Å²) in [7, 11) is 1.94. The summed E-state index contributed by atoms with van der Waals surface area (Å²) in [4.78, 5) is 4.45. The van der Waals surface area contributed by atoms with Crippen molar-refractivity contribution in [3.63, 3.8) is 0 Å². The fourth-order valence-corrected chi connectivity index (χ4v) is 2.61. The fourth-order valence-electron chi connectivity index (χ4n) is 1.98. The minimum absolute atomic E-state index is 0.153. The molecule has 1 aromatic carbocycles. The Balaban J connectivity index is 2.24. The molecule has 1 aromatic heterocycles. The van der Waals surface area contributed by atoms with Gasteiger partial charge < -0.3 is 5.32 Å². The molecule has 1 atom stereocenters. The summed E-state index contributed by atoms with van der Waals surface area (Å²) in [6, 6.07) is 10.2. The lowest BCUT2D eigenvalue weighted by Gasteiger charge is -2.18. The molecule has 2 rings (SSSR count). The molecule has 100 valence electrons. The van der Waals surface area contributed by atoms with Crippen LogP contribution in [0.3, 0.4) is 0 Å². The molecule has 0 saturated carbocycles. The highest BCUT2D eigenvalue weighted by Gasteiger charge is 2.14. The second kappa shape index (κ2) is 6.51. The van der Waals surface area contributed by atoms with Crippen molar-refractivity contribution in [3.8, 4) is 0 Å². The first-order valence-corrected chi connectivity index (χ1v) is 7.31. The van der Waals surface area contributed by atoms with Gasteiger partial charge in [-0.3, -0.25) is 4.98 Å². The number of hydrogen-bond donors (Lipinski definition) is 1. The Kier molecular flexibility index (Phi) is 4.97. The molecule has 0 aliphatic carbocycles. The van der Waals surface area contributed by atoms with Crippen LogP contribution in [0, 0.1) is 6.92 Å². The van der Waals surface area contributed by atoms with E-state index in [2.05, 4.69) is 44.4 Å². The molecule has 4 heteroatoms. The maximum atomic E-state index is 6.28. The largest absolute Gasteiger partial charge is 0.313 e.